The minimum atomic E-state index is -0.419. The molecule has 0 aromatic carbocycles. The van der Waals surface area contributed by atoms with Gasteiger partial charge in [-0.2, -0.15) is 0 Å². The Balaban J connectivity index is 2.74. The molecule has 3 heteroatoms. The van der Waals surface area contributed by atoms with Gasteiger partial charge in [0, 0.05) is 6.04 Å². The fourth-order valence-electron chi connectivity index (χ4n) is 2.23. The third-order valence-corrected chi connectivity index (χ3v) is 3.08. The van der Waals surface area contributed by atoms with Crippen LogP contribution in [0.25, 0.3) is 0 Å². The van der Waals surface area contributed by atoms with Crippen molar-refractivity contribution in [3.63, 3.8) is 0 Å². The Morgan fingerprint density at radius 3 is 2.58 bits per heavy atom. The van der Waals surface area contributed by atoms with E-state index in [-0.39, 0.29) is 12.0 Å². The number of ether oxygens (including phenoxy) is 1. The summed E-state index contributed by atoms with van der Waals surface area (Å²) in [7, 11) is 4.01. The van der Waals surface area contributed by atoms with Crippen LogP contribution in [0.4, 0.5) is 0 Å². The minimum absolute atomic E-state index is 0.0915. The lowest BCUT2D eigenvalue weighted by Crippen LogP contribution is -2.35. The summed E-state index contributed by atoms with van der Waals surface area (Å²) in [5, 5.41) is 0. The molecule has 2 atom stereocenters. The lowest BCUT2D eigenvalue weighted by molar-refractivity contribution is -0.155. The molecule has 0 aliphatic heterocycles. The summed E-state index contributed by atoms with van der Waals surface area (Å²) in [5.74, 6) is 0.403. The summed E-state index contributed by atoms with van der Waals surface area (Å²) in [6.45, 7) is 7.90. The summed E-state index contributed by atoms with van der Waals surface area (Å²) in [6, 6.07) is 0.0915. The van der Waals surface area contributed by atoms with Gasteiger partial charge in [0.2, 0.25) is 0 Å². The third kappa shape index (κ3) is 5.60. The summed E-state index contributed by atoms with van der Waals surface area (Å²) in [6.07, 6.45) is 8.05. The van der Waals surface area contributed by atoms with Gasteiger partial charge < -0.3 is 9.64 Å². The van der Waals surface area contributed by atoms with Gasteiger partial charge in [-0.15, -0.1) is 0 Å². The van der Waals surface area contributed by atoms with Crippen molar-refractivity contribution in [1.29, 1.82) is 0 Å². The fourth-order valence-corrected chi connectivity index (χ4v) is 2.23. The van der Waals surface area contributed by atoms with Gasteiger partial charge in [0.15, 0.2) is 0 Å². The van der Waals surface area contributed by atoms with E-state index in [1.54, 1.807) is 0 Å². The topological polar surface area (TPSA) is 29.5 Å². The number of hydrogen-bond acceptors (Lipinski definition) is 3. The highest BCUT2D eigenvalue weighted by molar-refractivity contribution is 5.71. The van der Waals surface area contributed by atoms with Crippen molar-refractivity contribution in [3.8, 4) is 0 Å². The van der Waals surface area contributed by atoms with Crippen LogP contribution in [0.5, 0.6) is 0 Å². The Labute approximate surface area is 117 Å². The predicted molar refractivity (Wildman–Crippen MR) is 78.9 cm³/mol. The molecule has 0 spiro atoms. The van der Waals surface area contributed by atoms with E-state index in [1.807, 2.05) is 34.9 Å². The van der Waals surface area contributed by atoms with Crippen LogP contribution in [0, 0.1) is 5.92 Å². The Kier molecular flexibility index (Phi) is 5.36. The number of likely N-dealkylation sites (N-methyl/N-ethyl adjacent to an activating group) is 1. The number of allylic oxidation sites excluding steroid dienone is 2. The van der Waals surface area contributed by atoms with E-state index >= 15 is 0 Å². The van der Waals surface area contributed by atoms with Crippen molar-refractivity contribution in [2.75, 3.05) is 14.1 Å². The molecule has 2 unspecified atom stereocenters. The molecule has 0 saturated carbocycles. The van der Waals surface area contributed by atoms with E-state index < -0.39 is 5.60 Å². The monoisotopic (exact) mass is 265 g/mol. The Hall–Kier alpha value is -1.09. The maximum Gasteiger partial charge on any atom is 0.308 e. The first-order valence-corrected chi connectivity index (χ1v) is 6.95. The summed E-state index contributed by atoms with van der Waals surface area (Å²) >= 11 is 0. The quantitative estimate of drug-likeness (QED) is 0.731. The zero-order valence-corrected chi connectivity index (χ0v) is 13.1. The summed E-state index contributed by atoms with van der Waals surface area (Å²) in [4.78, 5) is 14.1. The van der Waals surface area contributed by atoms with Crippen molar-refractivity contribution < 1.29 is 9.53 Å². The fraction of sp³-hybridized carbons (Fsp3) is 0.688. The second-order valence-electron chi connectivity index (χ2n) is 6.55. The average molecular weight is 265 g/mol. The second kappa shape index (κ2) is 6.38. The highest BCUT2D eigenvalue weighted by Gasteiger charge is 2.24. The molecule has 1 aliphatic rings. The van der Waals surface area contributed by atoms with Gasteiger partial charge in [0.1, 0.15) is 5.60 Å². The van der Waals surface area contributed by atoms with Gasteiger partial charge >= 0.3 is 5.97 Å². The number of carbonyl (C=O) groups excluding carboxylic acids is 1. The van der Waals surface area contributed by atoms with Crippen LogP contribution in [-0.4, -0.2) is 36.6 Å². The van der Waals surface area contributed by atoms with E-state index in [9.17, 15) is 4.79 Å². The largest absolute Gasteiger partial charge is 0.460 e. The van der Waals surface area contributed by atoms with Crippen LogP contribution in [0.3, 0.4) is 0 Å². The lowest BCUT2D eigenvalue weighted by Gasteiger charge is -2.28. The molecule has 3 nitrogen and oxygen atoms in total. The molecule has 1 rings (SSSR count). The molecule has 0 heterocycles. The van der Waals surface area contributed by atoms with E-state index in [4.69, 9.17) is 4.74 Å². The first kappa shape index (κ1) is 16.0. The van der Waals surface area contributed by atoms with Crippen LogP contribution in [0.2, 0.25) is 0 Å². The molecule has 0 saturated heterocycles. The van der Waals surface area contributed by atoms with Crippen LogP contribution in [0.15, 0.2) is 23.8 Å². The highest BCUT2D eigenvalue weighted by Crippen LogP contribution is 2.23. The molecule has 0 amide bonds. The van der Waals surface area contributed by atoms with E-state index in [1.165, 1.54) is 5.57 Å². The predicted octanol–water partition coefficient (Wildman–Crippen LogP) is 3.17. The van der Waals surface area contributed by atoms with Crippen molar-refractivity contribution in [2.45, 2.75) is 52.2 Å². The highest BCUT2D eigenvalue weighted by atomic mass is 16.6. The molecule has 0 radical (unpaired) electrons. The van der Waals surface area contributed by atoms with Gasteiger partial charge in [-0.3, -0.25) is 4.79 Å². The van der Waals surface area contributed by atoms with Gasteiger partial charge in [-0.25, -0.2) is 0 Å². The third-order valence-electron chi connectivity index (χ3n) is 3.08. The molecular formula is C16H27NO2. The van der Waals surface area contributed by atoms with Crippen molar-refractivity contribution in [3.05, 3.63) is 23.8 Å². The van der Waals surface area contributed by atoms with E-state index in [0.29, 0.717) is 12.3 Å². The number of rotatable bonds is 4. The number of hydrogen-bond donors (Lipinski definition) is 0. The maximum atomic E-state index is 12.0. The lowest BCUT2D eigenvalue weighted by atomic mass is 9.92. The molecule has 19 heavy (non-hydrogen) atoms. The van der Waals surface area contributed by atoms with Crippen LogP contribution in [-0.2, 0) is 9.53 Å². The molecular weight excluding hydrogens is 238 g/mol. The molecule has 0 bridgehead atoms. The Morgan fingerprint density at radius 2 is 2.11 bits per heavy atom. The molecule has 108 valence electrons. The van der Waals surface area contributed by atoms with E-state index in [0.717, 1.165) is 6.42 Å². The zero-order valence-electron chi connectivity index (χ0n) is 13.1. The molecule has 0 N–H and O–H groups in total. The number of nitrogens with zero attached hydrogens (tertiary/aromatic N) is 1. The zero-order chi connectivity index (χ0) is 14.6. The number of esters is 1. The van der Waals surface area contributed by atoms with Crippen LogP contribution < -0.4 is 0 Å². The van der Waals surface area contributed by atoms with Crippen molar-refractivity contribution >= 4 is 5.97 Å². The molecule has 1 aliphatic carbocycles. The normalized spacial score (nSPS) is 21.2. The standard InChI is InChI=1S/C16H27NO2/c1-12-8-7-9-13(10-12)14(17(5)6)11-15(18)19-16(2,3)4/h7,9-10,12,14H,8,11H2,1-6H3. The number of carbonyl (C=O) groups is 1. The molecule has 0 aromatic heterocycles. The van der Waals surface area contributed by atoms with Crippen molar-refractivity contribution in [2.24, 2.45) is 5.92 Å². The SMILES string of the molecule is CC1C=C(C(CC(=O)OC(C)(C)C)N(C)C)C=CC1. The van der Waals surface area contributed by atoms with E-state index in [2.05, 4.69) is 30.1 Å². The smallest absolute Gasteiger partial charge is 0.308 e. The second-order valence-corrected chi connectivity index (χ2v) is 6.55. The first-order valence-electron chi connectivity index (χ1n) is 6.95. The van der Waals surface area contributed by atoms with Gasteiger partial charge in [0.25, 0.3) is 0 Å². The van der Waals surface area contributed by atoms with Crippen LogP contribution >= 0.6 is 0 Å². The molecule has 0 fully saturated rings. The Morgan fingerprint density at radius 1 is 1.47 bits per heavy atom. The Bertz CT molecular complexity index is 375. The maximum absolute atomic E-state index is 12.0. The average Bonchev–Trinajstić information content (AvgIpc) is 2.23. The van der Waals surface area contributed by atoms with Gasteiger partial charge in [0.05, 0.1) is 6.42 Å². The summed E-state index contributed by atoms with van der Waals surface area (Å²) in [5.41, 5.74) is 0.799. The van der Waals surface area contributed by atoms with Gasteiger partial charge in [-0.05, 0) is 52.8 Å². The van der Waals surface area contributed by atoms with Gasteiger partial charge in [-0.1, -0.05) is 25.2 Å². The molecule has 0 aromatic rings. The van der Waals surface area contributed by atoms with Crippen LogP contribution in [0.1, 0.15) is 40.5 Å². The minimum Gasteiger partial charge on any atom is -0.460 e. The first-order chi connectivity index (χ1) is 8.69. The summed E-state index contributed by atoms with van der Waals surface area (Å²) < 4.78 is 5.42. The van der Waals surface area contributed by atoms with Crippen molar-refractivity contribution in [1.82, 2.24) is 4.90 Å².